The van der Waals surface area contributed by atoms with E-state index in [4.69, 9.17) is 11.5 Å². The maximum absolute atomic E-state index is 12.4. The lowest BCUT2D eigenvalue weighted by atomic mass is 9.84. The molecule has 1 aromatic rings. The van der Waals surface area contributed by atoms with E-state index in [1.54, 1.807) is 24.3 Å². The number of primary amides is 1. The van der Waals surface area contributed by atoms with E-state index in [1.807, 2.05) is 0 Å². The Labute approximate surface area is 117 Å². The van der Waals surface area contributed by atoms with Crippen molar-refractivity contribution in [2.24, 2.45) is 29.2 Å². The first-order valence-corrected chi connectivity index (χ1v) is 7.02. The van der Waals surface area contributed by atoms with Gasteiger partial charge >= 0.3 is 0 Å². The number of benzene rings is 1. The van der Waals surface area contributed by atoms with Gasteiger partial charge in [0.15, 0.2) is 0 Å². The fraction of sp³-hybridized carbons (Fsp3) is 0.467. The second kappa shape index (κ2) is 4.90. The molecule has 0 heterocycles. The van der Waals surface area contributed by atoms with Gasteiger partial charge in [0, 0.05) is 17.3 Å². The maximum Gasteiger partial charge on any atom is 0.248 e. The third kappa shape index (κ3) is 2.18. The molecule has 4 atom stereocenters. The van der Waals surface area contributed by atoms with Crippen molar-refractivity contribution in [2.75, 3.05) is 5.32 Å². The maximum atomic E-state index is 12.4. The van der Waals surface area contributed by atoms with Crippen molar-refractivity contribution in [3.05, 3.63) is 29.8 Å². The van der Waals surface area contributed by atoms with Gasteiger partial charge in [-0.15, -0.1) is 0 Å². The molecule has 5 heteroatoms. The van der Waals surface area contributed by atoms with Crippen LogP contribution < -0.4 is 16.8 Å². The summed E-state index contributed by atoms with van der Waals surface area (Å²) in [6.07, 6.45) is 3.31. The molecule has 106 valence electrons. The number of nitrogens with two attached hydrogens (primary N) is 2. The lowest BCUT2D eigenvalue weighted by Gasteiger charge is -2.27. The summed E-state index contributed by atoms with van der Waals surface area (Å²) in [6.45, 7) is 0. The molecule has 4 unspecified atom stereocenters. The first-order valence-electron chi connectivity index (χ1n) is 7.02. The molecule has 2 fully saturated rings. The highest BCUT2D eigenvalue weighted by Gasteiger charge is 2.49. The Kier molecular flexibility index (Phi) is 3.22. The van der Waals surface area contributed by atoms with Crippen molar-refractivity contribution in [1.29, 1.82) is 0 Å². The van der Waals surface area contributed by atoms with E-state index in [-0.39, 0.29) is 17.9 Å². The summed E-state index contributed by atoms with van der Waals surface area (Å²) >= 11 is 0. The van der Waals surface area contributed by atoms with Crippen molar-refractivity contribution in [3.63, 3.8) is 0 Å². The van der Waals surface area contributed by atoms with Gasteiger partial charge in [-0.25, -0.2) is 0 Å². The minimum absolute atomic E-state index is 0.0342. The standard InChI is InChI=1S/C15H19N3O2/c16-13-9-5-4-8(6-9)12(13)15(20)18-11-3-1-2-10(7-11)14(17)19/h1-3,7-9,12-13H,4-6,16H2,(H2,17,19)(H,18,20). The monoisotopic (exact) mass is 273 g/mol. The van der Waals surface area contributed by atoms with Crippen molar-refractivity contribution >= 4 is 17.5 Å². The minimum atomic E-state index is -0.502. The third-order valence-corrected chi connectivity index (χ3v) is 4.70. The molecule has 0 aromatic heterocycles. The van der Waals surface area contributed by atoms with Crippen LogP contribution in [0.3, 0.4) is 0 Å². The van der Waals surface area contributed by atoms with Crippen LogP contribution in [0.2, 0.25) is 0 Å². The fourth-order valence-corrected chi connectivity index (χ4v) is 3.70. The third-order valence-electron chi connectivity index (χ3n) is 4.70. The first-order chi connectivity index (χ1) is 9.56. The number of fused-ring (bicyclic) bond motifs is 2. The number of hydrogen-bond donors (Lipinski definition) is 3. The van der Waals surface area contributed by atoms with Gasteiger partial charge in [0.1, 0.15) is 0 Å². The van der Waals surface area contributed by atoms with Crippen molar-refractivity contribution < 1.29 is 9.59 Å². The second-order valence-electron chi connectivity index (χ2n) is 5.87. The number of rotatable bonds is 3. The van der Waals surface area contributed by atoms with Crippen LogP contribution in [0.15, 0.2) is 24.3 Å². The highest BCUT2D eigenvalue weighted by molar-refractivity contribution is 5.97. The predicted octanol–water partition coefficient (Wildman–Crippen LogP) is 1.10. The Morgan fingerprint density at radius 3 is 2.60 bits per heavy atom. The van der Waals surface area contributed by atoms with Crippen LogP contribution in [-0.4, -0.2) is 17.9 Å². The van der Waals surface area contributed by atoms with Gasteiger partial charge in [0.25, 0.3) is 0 Å². The second-order valence-corrected chi connectivity index (χ2v) is 5.87. The van der Waals surface area contributed by atoms with Gasteiger partial charge in [-0.3, -0.25) is 9.59 Å². The molecular formula is C15H19N3O2. The zero-order valence-electron chi connectivity index (χ0n) is 11.2. The van der Waals surface area contributed by atoms with Crippen LogP contribution in [0, 0.1) is 17.8 Å². The average molecular weight is 273 g/mol. The average Bonchev–Trinajstić information content (AvgIpc) is 2.99. The summed E-state index contributed by atoms with van der Waals surface area (Å²) in [6, 6.07) is 6.65. The summed E-state index contributed by atoms with van der Waals surface area (Å²) in [5.41, 5.74) is 12.4. The predicted molar refractivity (Wildman–Crippen MR) is 75.9 cm³/mol. The molecule has 2 saturated carbocycles. The molecule has 3 rings (SSSR count). The molecule has 2 amide bonds. The fourth-order valence-electron chi connectivity index (χ4n) is 3.70. The molecule has 1 aromatic carbocycles. The molecule has 2 aliphatic rings. The molecule has 2 bridgehead atoms. The topological polar surface area (TPSA) is 98.2 Å². The van der Waals surface area contributed by atoms with E-state index in [1.165, 1.54) is 0 Å². The van der Waals surface area contributed by atoms with Crippen molar-refractivity contribution in [3.8, 4) is 0 Å². The summed E-state index contributed by atoms with van der Waals surface area (Å²) in [7, 11) is 0. The zero-order valence-corrected chi connectivity index (χ0v) is 11.2. The normalized spacial score (nSPS) is 31.2. The van der Waals surface area contributed by atoms with Crippen LogP contribution in [-0.2, 0) is 4.79 Å². The zero-order chi connectivity index (χ0) is 14.3. The molecule has 0 radical (unpaired) electrons. The van der Waals surface area contributed by atoms with Crippen LogP contribution in [0.4, 0.5) is 5.69 Å². The summed E-state index contributed by atoms with van der Waals surface area (Å²) < 4.78 is 0. The Morgan fingerprint density at radius 2 is 1.95 bits per heavy atom. The van der Waals surface area contributed by atoms with Crippen LogP contribution >= 0.6 is 0 Å². The number of carbonyl (C=O) groups excluding carboxylic acids is 2. The Hall–Kier alpha value is -1.88. The van der Waals surface area contributed by atoms with Crippen molar-refractivity contribution in [2.45, 2.75) is 25.3 Å². The van der Waals surface area contributed by atoms with E-state index in [2.05, 4.69) is 5.32 Å². The van der Waals surface area contributed by atoms with Crippen LogP contribution in [0.25, 0.3) is 0 Å². The lowest BCUT2D eigenvalue weighted by molar-refractivity contribution is -0.121. The van der Waals surface area contributed by atoms with E-state index < -0.39 is 5.91 Å². The molecular weight excluding hydrogens is 254 g/mol. The Balaban J connectivity index is 1.73. The van der Waals surface area contributed by atoms with Gasteiger partial charge in [0.05, 0.1) is 5.92 Å². The molecule has 5 N–H and O–H groups in total. The minimum Gasteiger partial charge on any atom is -0.366 e. The lowest BCUT2D eigenvalue weighted by Crippen LogP contribution is -2.42. The van der Waals surface area contributed by atoms with Gasteiger partial charge in [-0.05, 0) is 49.3 Å². The molecule has 0 saturated heterocycles. The van der Waals surface area contributed by atoms with Gasteiger partial charge in [-0.2, -0.15) is 0 Å². The summed E-state index contributed by atoms with van der Waals surface area (Å²) in [5.74, 6) is 0.261. The van der Waals surface area contributed by atoms with Gasteiger partial charge < -0.3 is 16.8 Å². The van der Waals surface area contributed by atoms with Crippen molar-refractivity contribution in [1.82, 2.24) is 0 Å². The van der Waals surface area contributed by atoms with E-state index in [0.29, 0.717) is 23.1 Å². The smallest absolute Gasteiger partial charge is 0.248 e. The van der Waals surface area contributed by atoms with E-state index >= 15 is 0 Å². The number of nitrogens with one attached hydrogen (secondary N) is 1. The Bertz CT molecular complexity index is 556. The number of amides is 2. The molecule has 5 nitrogen and oxygen atoms in total. The van der Waals surface area contributed by atoms with Gasteiger partial charge in [-0.1, -0.05) is 6.07 Å². The molecule has 20 heavy (non-hydrogen) atoms. The molecule has 0 aliphatic heterocycles. The first kappa shape index (κ1) is 13.1. The largest absolute Gasteiger partial charge is 0.366 e. The molecule has 0 spiro atoms. The summed E-state index contributed by atoms with van der Waals surface area (Å²) in [4.78, 5) is 23.5. The number of anilines is 1. The quantitative estimate of drug-likeness (QED) is 0.769. The Morgan fingerprint density at radius 1 is 1.20 bits per heavy atom. The SMILES string of the molecule is NC(=O)c1cccc(NC(=O)C2C3CCC(C3)C2N)c1. The highest BCUT2D eigenvalue weighted by atomic mass is 16.2. The van der Waals surface area contributed by atoms with E-state index in [9.17, 15) is 9.59 Å². The highest BCUT2D eigenvalue weighted by Crippen LogP contribution is 2.47. The summed E-state index contributed by atoms with van der Waals surface area (Å²) in [5, 5.41) is 2.87. The number of carbonyl (C=O) groups is 2. The van der Waals surface area contributed by atoms with Crippen LogP contribution in [0.1, 0.15) is 29.6 Å². The van der Waals surface area contributed by atoms with Gasteiger partial charge in [0.2, 0.25) is 11.8 Å². The number of hydrogen-bond acceptors (Lipinski definition) is 3. The molecule has 2 aliphatic carbocycles. The van der Waals surface area contributed by atoms with Crippen LogP contribution in [0.5, 0.6) is 0 Å². The van der Waals surface area contributed by atoms with E-state index in [0.717, 1.165) is 19.3 Å².